The quantitative estimate of drug-likeness (QED) is 0.757. The summed E-state index contributed by atoms with van der Waals surface area (Å²) in [5, 5.41) is 11.7. The normalized spacial score (nSPS) is 18.1. The molecule has 0 spiro atoms. The van der Waals surface area contributed by atoms with Crippen LogP contribution in [0.25, 0.3) is 0 Å². The van der Waals surface area contributed by atoms with Gasteiger partial charge >= 0.3 is 0 Å². The van der Waals surface area contributed by atoms with Crippen molar-refractivity contribution < 1.29 is 13.5 Å². The van der Waals surface area contributed by atoms with Crippen molar-refractivity contribution in [3.8, 4) is 0 Å². The second-order valence-electron chi connectivity index (χ2n) is 4.57. The largest absolute Gasteiger partial charge is 0.395 e. The highest BCUT2D eigenvalue weighted by Gasteiger charge is 2.30. The van der Waals surface area contributed by atoms with Crippen LogP contribution in [0.3, 0.4) is 0 Å². The average molecular weight is 300 g/mol. The molecule has 0 aromatic carbocycles. The standard InChI is InChI=1S/C12H20N4O3S/c1-13-12-11(3-2-4-14-12)20(18,19)16-7-5-15(6-8-16)9-10-17/h2-4,17H,5-10H2,1H3,(H,13,14). The number of nitrogens with zero attached hydrogens (tertiary/aromatic N) is 3. The molecule has 1 aliphatic heterocycles. The number of β-amino-alcohol motifs (C(OH)–C–C–N with tert-alkyl or cyclic N) is 1. The summed E-state index contributed by atoms with van der Waals surface area (Å²) in [6.45, 7) is 2.81. The number of aliphatic hydroxyl groups excluding tert-OH is 1. The maximum absolute atomic E-state index is 12.6. The van der Waals surface area contributed by atoms with Crippen LogP contribution in [0, 0.1) is 0 Å². The smallest absolute Gasteiger partial charge is 0.246 e. The Hall–Kier alpha value is -1.22. The van der Waals surface area contributed by atoms with Crippen LogP contribution < -0.4 is 5.32 Å². The third kappa shape index (κ3) is 3.09. The zero-order chi connectivity index (χ0) is 14.6. The van der Waals surface area contributed by atoms with Crippen molar-refractivity contribution in [1.82, 2.24) is 14.2 Å². The van der Waals surface area contributed by atoms with Crippen LogP contribution in [0.2, 0.25) is 0 Å². The first kappa shape index (κ1) is 15.2. The van der Waals surface area contributed by atoms with Gasteiger partial charge in [0.2, 0.25) is 10.0 Å². The van der Waals surface area contributed by atoms with Gasteiger partial charge in [0, 0.05) is 46.0 Å². The molecule has 112 valence electrons. The van der Waals surface area contributed by atoms with E-state index in [4.69, 9.17) is 5.11 Å². The highest BCUT2D eigenvalue weighted by Crippen LogP contribution is 2.22. The van der Waals surface area contributed by atoms with Gasteiger partial charge in [-0.25, -0.2) is 13.4 Å². The number of hydrogen-bond donors (Lipinski definition) is 2. The number of anilines is 1. The maximum Gasteiger partial charge on any atom is 0.246 e. The zero-order valence-corrected chi connectivity index (χ0v) is 12.3. The van der Waals surface area contributed by atoms with Crippen LogP contribution in [-0.4, -0.2) is 74.1 Å². The maximum atomic E-state index is 12.6. The number of aromatic nitrogens is 1. The minimum Gasteiger partial charge on any atom is -0.395 e. The summed E-state index contributed by atoms with van der Waals surface area (Å²) in [5.74, 6) is 0.366. The lowest BCUT2D eigenvalue weighted by atomic mass is 10.4. The lowest BCUT2D eigenvalue weighted by Gasteiger charge is -2.33. The van der Waals surface area contributed by atoms with E-state index < -0.39 is 10.0 Å². The summed E-state index contributed by atoms with van der Waals surface area (Å²) in [6.07, 6.45) is 1.56. The predicted octanol–water partition coefficient (Wildman–Crippen LogP) is -0.578. The first-order valence-corrected chi connectivity index (χ1v) is 7.99. The highest BCUT2D eigenvalue weighted by molar-refractivity contribution is 7.89. The van der Waals surface area contributed by atoms with E-state index in [1.54, 1.807) is 25.4 Å². The Morgan fingerprint density at radius 1 is 1.35 bits per heavy atom. The summed E-state index contributed by atoms with van der Waals surface area (Å²) in [4.78, 5) is 6.30. The zero-order valence-electron chi connectivity index (χ0n) is 11.5. The van der Waals surface area contributed by atoms with Crippen LogP contribution >= 0.6 is 0 Å². The van der Waals surface area contributed by atoms with Crippen molar-refractivity contribution in [3.63, 3.8) is 0 Å². The third-order valence-corrected chi connectivity index (χ3v) is 5.30. The number of piperazine rings is 1. The molecule has 2 N–H and O–H groups in total. The summed E-state index contributed by atoms with van der Waals surface area (Å²) in [5.41, 5.74) is 0. The molecular weight excluding hydrogens is 280 g/mol. The van der Waals surface area contributed by atoms with Gasteiger partial charge in [0.05, 0.1) is 6.61 Å². The third-order valence-electron chi connectivity index (χ3n) is 3.37. The minimum atomic E-state index is -3.52. The van der Waals surface area contributed by atoms with Gasteiger partial charge in [-0.1, -0.05) is 0 Å². The summed E-state index contributed by atoms with van der Waals surface area (Å²) in [7, 11) is -1.87. The van der Waals surface area contributed by atoms with E-state index >= 15 is 0 Å². The van der Waals surface area contributed by atoms with Crippen molar-refractivity contribution in [3.05, 3.63) is 18.3 Å². The average Bonchev–Trinajstić information content (AvgIpc) is 2.48. The number of hydrogen-bond acceptors (Lipinski definition) is 6. The molecule has 1 saturated heterocycles. The summed E-state index contributed by atoms with van der Waals surface area (Å²) >= 11 is 0. The molecule has 0 radical (unpaired) electrons. The highest BCUT2D eigenvalue weighted by atomic mass is 32.2. The van der Waals surface area contributed by atoms with Gasteiger partial charge in [-0.2, -0.15) is 4.31 Å². The fourth-order valence-electron chi connectivity index (χ4n) is 2.26. The SMILES string of the molecule is CNc1ncccc1S(=O)(=O)N1CCN(CCO)CC1. The van der Waals surface area contributed by atoms with E-state index in [1.165, 1.54) is 4.31 Å². The molecule has 1 aromatic heterocycles. The van der Waals surface area contributed by atoms with Gasteiger partial charge in [0.1, 0.15) is 10.7 Å². The molecule has 8 heteroatoms. The molecule has 0 atom stereocenters. The van der Waals surface area contributed by atoms with Gasteiger partial charge in [-0.15, -0.1) is 0 Å². The van der Waals surface area contributed by atoms with Crippen LogP contribution in [0.1, 0.15) is 0 Å². The van der Waals surface area contributed by atoms with Crippen LogP contribution in [0.4, 0.5) is 5.82 Å². The Morgan fingerprint density at radius 3 is 2.65 bits per heavy atom. The van der Waals surface area contributed by atoms with E-state index in [9.17, 15) is 8.42 Å². The van der Waals surface area contributed by atoms with Crippen LogP contribution in [-0.2, 0) is 10.0 Å². The Bertz CT molecular complexity index is 541. The van der Waals surface area contributed by atoms with Gasteiger partial charge in [0.15, 0.2) is 0 Å². The molecule has 20 heavy (non-hydrogen) atoms. The predicted molar refractivity (Wildman–Crippen MR) is 76.1 cm³/mol. The summed E-state index contributed by atoms with van der Waals surface area (Å²) < 4.78 is 26.7. The van der Waals surface area contributed by atoms with Gasteiger partial charge in [-0.05, 0) is 12.1 Å². The molecule has 0 unspecified atom stereocenters. The molecule has 0 bridgehead atoms. The van der Waals surface area contributed by atoms with Crippen molar-refractivity contribution in [1.29, 1.82) is 0 Å². The van der Waals surface area contributed by atoms with Crippen molar-refractivity contribution in [2.24, 2.45) is 0 Å². The number of sulfonamides is 1. The Labute approximate surface area is 119 Å². The number of nitrogens with one attached hydrogen (secondary N) is 1. The minimum absolute atomic E-state index is 0.0965. The lowest BCUT2D eigenvalue weighted by molar-refractivity contribution is 0.151. The Balaban J connectivity index is 2.16. The van der Waals surface area contributed by atoms with E-state index in [1.807, 2.05) is 4.90 Å². The Morgan fingerprint density at radius 2 is 2.05 bits per heavy atom. The van der Waals surface area contributed by atoms with E-state index in [0.717, 1.165) is 0 Å². The van der Waals surface area contributed by atoms with E-state index in [2.05, 4.69) is 10.3 Å². The van der Waals surface area contributed by atoms with Crippen LogP contribution in [0.5, 0.6) is 0 Å². The van der Waals surface area contributed by atoms with Gasteiger partial charge < -0.3 is 10.4 Å². The van der Waals surface area contributed by atoms with Crippen molar-refractivity contribution >= 4 is 15.8 Å². The molecule has 1 aromatic rings. The fourth-order valence-corrected chi connectivity index (χ4v) is 3.83. The first-order chi connectivity index (χ1) is 9.59. The number of pyridine rings is 1. The summed E-state index contributed by atoms with van der Waals surface area (Å²) in [6, 6.07) is 3.18. The Kier molecular flexibility index (Phi) is 4.92. The number of aliphatic hydroxyl groups is 1. The molecule has 0 aliphatic carbocycles. The second kappa shape index (κ2) is 6.49. The molecule has 7 nitrogen and oxygen atoms in total. The topological polar surface area (TPSA) is 85.8 Å². The van der Waals surface area contributed by atoms with Crippen LogP contribution in [0.15, 0.2) is 23.2 Å². The van der Waals surface area contributed by atoms with Crippen molar-refractivity contribution in [2.75, 3.05) is 51.7 Å². The lowest BCUT2D eigenvalue weighted by Crippen LogP contribution is -2.49. The molecule has 0 saturated carbocycles. The van der Waals surface area contributed by atoms with E-state index in [0.29, 0.717) is 38.5 Å². The molecule has 1 fully saturated rings. The molecule has 1 aliphatic rings. The van der Waals surface area contributed by atoms with E-state index in [-0.39, 0.29) is 11.5 Å². The van der Waals surface area contributed by atoms with Gasteiger partial charge in [0.25, 0.3) is 0 Å². The molecule has 2 heterocycles. The molecule has 2 rings (SSSR count). The molecule has 0 amide bonds. The monoisotopic (exact) mass is 300 g/mol. The fraction of sp³-hybridized carbons (Fsp3) is 0.583. The second-order valence-corrected chi connectivity index (χ2v) is 6.48. The molecular formula is C12H20N4O3S. The van der Waals surface area contributed by atoms with Gasteiger partial charge in [-0.3, -0.25) is 4.90 Å². The number of rotatable bonds is 5. The first-order valence-electron chi connectivity index (χ1n) is 6.55. The van der Waals surface area contributed by atoms with Crippen molar-refractivity contribution in [2.45, 2.75) is 4.90 Å².